The molecular formula is C24H20N2O2. The maximum Gasteiger partial charge on any atom is 0.212 e. The molecule has 0 bridgehead atoms. The van der Waals surface area contributed by atoms with Gasteiger partial charge >= 0.3 is 0 Å². The van der Waals surface area contributed by atoms with Crippen LogP contribution in [-0.2, 0) is 0 Å². The van der Waals surface area contributed by atoms with Gasteiger partial charge in [-0.25, -0.2) is 0 Å². The second kappa shape index (κ2) is 7.16. The average molecular weight is 368 g/mol. The summed E-state index contributed by atoms with van der Waals surface area (Å²) in [7, 11) is 0. The number of rotatable bonds is 4. The summed E-state index contributed by atoms with van der Waals surface area (Å²) >= 11 is 0. The molecule has 1 aliphatic rings. The number of Topliss-reactive ketones (excluding diaryl/α,β-unsaturated/α-hetero) is 2. The molecule has 1 aliphatic carbocycles. The van der Waals surface area contributed by atoms with Gasteiger partial charge in [-0.2, -0.15) is 0 Å². The van der Waals surface area contributed by atoms with Crippen molar-refractivity contribution in [3.05, 3.63) is 106 Å². The van der Waals surface area contributed by atoms with Crippen LogP contribution < -0.4 is 10.6 Å². The third kappa shape index (κ3) is 3.09. The summed E-state index contributed by atoms with van der Waals surface area (Å²) in [5, 5.41) is 6.41. The number of hydrogen-bond acceptors (Lipinski definition) is 4. The Labute approximate surface area is 163 Å². The van der Waals surface area contributed by atoms with Gasteiger partial charge in [0.1, 0.15) is 11.4 Å². The number of allylic oxidation sites excluding steroid dienone is 2. The second-order valence-electron chi connectivity index (χ2n) is 6.83. The molecule has 0 radical (unpaired) electrons. The summed E-state index contributed by atoms with van der Waals surface area (Å²) in [6.45, 7) is 3.92. The zero-order chi connectivity index (χ0) is 19.7. The topological polar surface area (TPSA) is 58.2 Å². The highest BCUT2D eigenvalue weighted by Crippen LogP contribution is 2.30. The van der Waals surface area contributed by atoms with E-state index in [2.05, 4.69) is 10.6 Å². The minimum absolute atomic E-state index is 0.200. The van der Waals surface area contributed by atoms with Gasteiger partial charge in [-0.1, -0.05) is 60.7 Å². The summed E-state index contributed by atoms with van der Waals surface area (Å²) in [6, 6.07) is 22.3. The SMILES string of the molecule is Cc1ccccc1NC1=C(Nc2ccccc2C)C(=O)c2ccccc2C1=O. The van der Waals surface area contributed by atoms with Crippen molar-refractivity contribution in [2.45, 2.75) is 13.8 Å². The number of nitrogens with one attached hydrogen (secondary N) is 2. The molecule has 0 amide bonds. The maximum atomic E-state index is 13.3. The quantitative estimate of drug-likeness (QED) is 0.671. The van der Waals surface area contributed by atoms with E-state index >= 15 is 0 Å². The minimum atomic E-state index is -0.200. The van der Waals surface area contributed by atoms with Crippen LogP contribution in [-0.4, -0.2) is 11.6 Å². The second-order valence-corrected chi connectivity index (χ2v) is 6.83. The highest BCUT2D eigenvalue weighted by molar-refractivity contribution is 6.28. The molecule has 2 N–H and O–H groups in total. The van der Waals surface area contributed by atoms with Crippen molar-refractivity contribution in [3.63, 3.8) is 0 Å². The molecule has 3 aromatic rings. The fourth-order valence-electron chi connectivity index (χ4n) is 3.31. The van der Waals surface area contributed by atoms with Crippen LogP contribution in [0.1, 0.15) is 31.8 Å². The lowest BCUT2D eigenvalue weighted by atomic mass is 9.89. The van der Waals surface area contributed by atoms with Crippen molar-refractivity contribution in [1.29, 1.82) is 0 Å². The van der Waals surface area contributed by atoms with Crippen LogP contribution >= 0.6 is 0 Å². The molecule has 0 unspecified atom stereocenters. The minimum Gasteiger partial charge on any atom is -0.350 e. The summed E-state index contributed by atoms with van der Waals surface area (Å²) in [4.78, 5) is 26.5. The van der Waals surface area contributed by atoms with Crippen molar-refractivity contribution < 1.29 is 9.59 Å². The highest BCUT2D eigenvalue weighted by atomic mass is 16.1. The van der Waals surface area contributed by atoms with E-state index in [-0.39, 0.29) is 23.0 Å². The first-order valence-corrected chi connectivity index (χ1v) is 9.14. The molecule has 4 heteroatoms. The molecule has 0 atom stereocenters. The number of para-hydroxylation sites is 2. The molecule has 4 nitrogen and oxygen atoms in total. The maximum absolute atomic E-state index is 13.3. The van der Waals surface area contributed by atoms with Crippen LogP contribution in [0.3, 0.4) is 0 Å². The van der Waals surface area contributed by atoms with Gasteiger partial charge in [0, 0.05) is 22.5 Å². The monoisotopic (exact) mass is 368 g/mol. The van der Waals surface area contributed by atoms with Gasteiger partial charge in [-0.3, -0.25) is 9.59 Å². The number of benzene rings is 3. The van der Waals surface area contributed by atoms with E-state index in [0.717, 1.165) is 22.5 Å². The third-order valence-electron chi connectivity index (χ3n) is 4.93. The molecule has 138 valence electrons. The molecule has 0 fully saturated rings. The first-order chi connectivity index (χ1) is 13.6. The van der Waals surface area contributed by atoms with E-state index < -0.39 is 0 Å². The van der Waals surface area contributed by atoms with E-state index in [9.17, 15) is 9.59 Å². The normalized spacial score (nSPS) is 13.4. The van der Waals surface area contributed by atoms with Crippen molar-refractivity contribution in [2.24, 2.45) is 0 Å². The molecule has 0 aromatic heterocycles. The van der Waals surface area contributed by atoms with E-state index in [0.29, 0.717) is 11.1 Å². The van der Waals surface area contributed by atoms with Crippen molar-refractivity contribution >= 4 is 22.9 Å². The van der Waals surface area contributed by atoms with Gasteiger partial charge < -0.3 is 10.6 Å². The number of anilines is 2. The first kappa shape index (κ1) is 17.7. The van der Waals surface area contributed by atoms with Crippen LogP contribution in [0.15, 0.2) is 84.2 Å². The Morgan fingerprint density at radius 3 is 1.29 bits per heavy atom. The highest BCUT2D eigenvalue weighted by Gasteiger charge is 2.32. The Morgan fingerprint density at radius 1 is 0.536 bits per heavy atom. The number of fused-ring (bicyclic) bond motifs is 1. The fourth-order valence-corrected chi connectivity index (χ4v) is 3.31. The number of hydrogen-bond donors (Lipinski definition) is 2. The summed E-state index contributed by atoms with van der Waals surface area (Å²) in [6.07, 6.45) is 0. The first-order valence-electron chi connectivity index (χ1n) is 9.14. The lowest BCUT2D eigenvalue weighted by Crippen LogP contribution is -2.29. The molecule has 0 spiro atoms. The molecule has 0 saturated carbocycles. The Morgan fingerprint density at radius 2 is 0.893 bits per heavy atom. The van der Waals surface area contributed by atoms with E-state index in [4.69, 9.17) is 0 Å². The fraction of sp³-hybridized carbons (Fsp3) is 0.0833. The van der Waals surface area contributed by atoms with Gasteiger partial charge in [-0.05, 0) is 37.1 Å². The third-order valence-corrected chi connectivity index (χ3v) is 4.93. The largest absolute Gasteiger partial charge is 0.350 e. The predicted molar refractivity (Wildman–Crippen MR) is 112 cm³/mol. The molecule has 0 heterocycles. The lowest BCUT2D eigenvalue weighted by Gasteiger charge is -2.24. The van der Waals surface area contributed by atoms with Crippen LogP contribution in [0, 0.1) is 13.8 Å². The molecule has 0 saturated heterocycles. The van der Waals surface area contributed by atoms with Crippen LogP contribution in [0.25, 0.3) is 0 Å². The van der Waals surface area contributed by atoms with Crippen LogP contribution in [0.4, 0.5) is 11.4 Å². The van der Waals surface area contributed by atoms with Gasteiger partial charge in [-0.15, -0.1) is 0 Å². The Kier molecular flexibility index (Phi) is 4.53. The smallest absolute Gasteiger partial charge is 0.212 e. The number of carbonyl (C=O) groups is 2. The Hall–Kier alpha value is -3.66. The number of carbonyl (C=O) groups excluding carboxylic acids is 2. The van der Waals surface area contributed by atoms with Crippen molar-refractivity contribution in [2.75, 3.05) is 10.6 Å². The Bertz CT molecular complexity index is 1040. The summed E-state index contributed by atoms with van der Waals surface area (Å²) in [5.74, 6) is -0.399. The molecular weight excluding hydrogens is 348 g/mol. The number of aryl methyl sites for hydroxylation is 2. The van der Waals surface area contributed by atoms with Crippen LogP contribution in [0.5, 0.6) is 0 Å². The van der Waals surface area contributed by atoms with E-state index in [1.165, 1.54) is 0 Å². The Balaban J connectivity index is 1.86. The van der Waals surface area contributed by atoms with Gasteiger partial charge in [0.25, 0.3) is 0 Å². The average Bonchev–Trinajstić information content (AvgIpc) is 2.71. The summed E-state index contributed by atoms with van der Waals surface area (Å²) in [5.41, 5.74) is 4.93. The van der Waals surface area contributed by atoms with Crippen molar-refractivity contribution in [3.8, 4) is 0 Å². The standard InChI is InChI=1S/C24H20N2O2/c1-15-9-3-7-13-19(15)25-21-22(26-20-14-8-4-10-16(20)2)24(28)18-12-6-5-11-17(18)23(21)27/h3-14,25-26H,1-2H3. The summed E-state index contributed by atoms with van der Waals surface area (Å²) < 4.78 is 0. The zero-order valence-corrected chi connectivity index (χ0v) is 15.7. The zero-order valence-electron chi connectivity index (χ0n) is 15.7. The predicted octanol–water partition coefficient (Wildman–Crippen LogP) is 5.12. The van der Waals surface area contributed by atoms with E-state index in [1.54, 1.807) is 24.3 Å². The van der Waals surface area contributed by atoms with Crippen LogP contribution in [0.2, 0.25) is 0 Å². The van der Waals surface area contributed by atoms with Crippen molar-refractivity contribution in [1.82, 2.24) is 0 Å². The molecule has 3 aromatic carbocycles. The molecule has 0 aliphatic heterocycles. The van der Waals surface area contributed by atoms with Gasteiger partial charge in [0.2, 0.25) is 11.6 Å². The molecule has 4 rings (SSSR count). The van der Waals surface area contributed by atoms with E-state index in [1.807, 2.05) is 62.4 Å². The molecule has 28 heavy (non-hydrogen) atoms. The van der Waals surface area contributed by atoms with Gasteiger partial charge in [0.05, 0.1) is 0 Å². The number of ketones is 2. The van der Waals surface area contributed by atoms with Gasteiger partial charge in [0.15, 0.2) is 0 Å². The lowest BCUT2D eigenvalue weighted by molar-refractivity contribution is 0.0977.